The number of nitrogen functional groups attached to an aromatic ring is 1. The molecule has 1 aliphatic heterocycles. The first kappa shape index (κ1) is 22.7. The van der Waals surface area contributed by atoms with E-state index in [1.54, 1.807) is 0 Å². The third kappa shape index (κ3) is 5.11. The van der Waals surface area contributed by atoms with Gasteiger partial charge in [0.15, 0.2) is 0 Å². The summed E-state index contributed by atoms with van der Waals surface area (Å²) in [7, 11) is 2.06. The Morgan fingerprint density at radius 1 is 1.12 bits per heavy atom. The topological polar surface area (TPSA) is 122 Å². The van der Waals surface area contributed by atoms with Crippen molar-refractivity contribution >= 4 is 28.6 Å². The van der Waals surface area contributed by atoms with E-state index in [1.165, 1.54) is 10.9 Å². The SMILES string of the molecule is CCCCNc1nc(N)nc2cnn(Cc3ccc(C(=O)N4CCN(C)CC4)cc3)c(=O)c12. The van der Waals surface area contributed by atoms with Crippen LogP contribution in [-0.2, 0) is 6.54 Å². The van der Waals surface area contributed by atoms with Gasteiger partial charge in [0.1, 0.15) is 16.7 Å². The fourth-order valence-corrected chi connectivity index (χ4v) is 3.85. The maximum Gasteiger partial charge on any atom is 0.280 e. The first-order valence-electron chi connectivity index (χ1n) is 11.3. The Labute approximate surface area is 192 Å². The number of amides is 1. The summed E-state index contributed by atoms with van der Waals surface area (Å²) in [5.41, 5.74) is 7.45. The molecule has 33 heavy (non-hydrogen) atoms. The molecule has 3 heterocycles. The molecule has 174 valence electrons. The number of hydrogen-bond acceptors (Lipinski definition) is 8. The summed E-state index contributed by atoms with van der Waals surface area (Å²) in [5.74, 6) is 0.564. The molecular weight excluding hydrogens is 420 g/mol. The molecular formula is C23H30N8O2. The predicted octanol–water partition coefficient (Wildman–Crippen LogP) is 1.42. The molecule has 0 saturated carbocycles. The van der Waals surface area contributed by atoms with E-state index in [1.807, 2.05) is 29.2 Å². The van der Waals surface area contributed by atoms with Crippen molar-refractivity contribution in [3.63, 3.8) is 0 Å². The molecule has 3 aromatic rings. The number of nitrogens with one attached hydrogen (secondary N) is 1. The lowest BCUT2D eigenvalue weighted by atomic mass is 10.1. The number of unbranched alkanes of at least 4 members (excludes halogenated alkanes) is 1. The van der Waals surface area contributed by atoms with Crippen LogP contribution in [0.5, 0.6) is 0 Å². The number of fused-ring (bicyclic) bond motifs is 1. The van der Waals surface area contributed by atoms with Gasteiger partial charge in [0.25, 0.3) is 11.5 Å². The van der Waals surface area contributed by atoms with E-state index in [9.17, 15) is 9.59 Å². The van der Waals surface area contributed by atoms with Crippen molar-refractivity contribution in [2.24, 2.45) is 0 Å². The molecule has 2 aromatic heterocycles. The maximum atomic E-state index is 13.2. The summed E-state index contributed by atoms with van der Waals surface area (Å²) in [6.45, 7) is 6.28. The number of rotatable bonds is 7. The van der Waals surface area contributed by atoms with Gasteiger partial charge < -0.3 is 20.9 Å². The third-order valence-corrected chi connectivity index (χ3v) is 5.87. The van der Waals surface area contributed by atoms with Crippen LogP contribution >= 0.6 is 0 Å². The smallest absolute Gasteiger partial charge is 0.280 e. The molecule has 3 N–H and O–H groups in total. The summed E-state index contributed by atoms with van der Waals surface area (Å²) in [6.07, 6.45) is 3.50. The minimum absolute atomic E-state index is 0.0354. The number of aromatic nitrogens is 4. The molecule has 10 nitrogen and oxygen atoms in total. The second-order valence-corrected chi connectivity index (χ2v) is 8.37. The minimum Gasteiger partial charge on any atom is -0.369 e. The molecule has 1 aromatic carbocycles. The summed E-state index contributed by atoms with van der Waals surface area (Å²) in [4.78, 5) is 38.4. The van der Waals surface area contributed by atoms with E-state index >= 15 is 0 Å². The second kappa shape index (κ2) is 9.95. The van der Waals surface area contributed by atoms with Gasteiger partial charge in [0.2, 0.25) is 5.95 Å². The Morgan fingerprint density at radius 3 is 2.55 bits per heavy atom. The van der Waals surface area contributed by atoms with Gasteiger partial charge in [-0.1, -0.05) is 25.5 Å². The molecule has 1 fully saturated rings. The molecule has 0 unspecified atom stereocenters. The largest absolute Gasteiger partial charge is 0.369 e. The van der Waals surface area contributed by atoms with Crippen LogP contribution in [0.1, 0.15) is 35.7 Å². The Bertz CT molecular complexity index is 1180. The maximum absolute atomic E-state index is 13.2. The van der Waals surface area contributed by atoms with Gasteiger partial charge in [-0.15, -0.1) is 0 Å². The van der Waals surface area contributed by atoms with Crippen LogP contribution in [0, 0.1) is 0 Å². The van der Waals surface area contributed by atoms with E-state index in [2.05, 4.69) is 39.3 Å². The number of nitrogens with two attached hydrogens (primary N) is 1. The average Bonchev–Trinajstić information content (AvgIpc) is 2.81. The van der Waals surface area contributed by atoms with Crippen LogP contribution in [0.4, 0.5) is 11.8 Å². The number of hydrogen-bond donors (Lipinski definition) is 2. The summed E-state index contributed by atoms with van der Waals surface area (Å²) in [5, 5.41) is 7.84. The summed E-state index contributed by atoms with van der Waals surface area (Å²) >= 11 is 0. The molecule has 1 amide bonds. The van der Waals surface area contributed by atoms with Crippen molar-refractivity contribution in [2.45, 2.75) is 26.3 Å². The normalized spacial score (nSPS) is 14.5. The van der Waals surface area contributed by atoms with Crippen molar-refractivity contribution < 1.29 is 4.79 Å². The van der Waals surface area contributed by atoms with Gasteiger partial charge >= 0.3 is 0 Å². The molecule has 0 radical (unpaired) electrons. The van der Waals surface area contributed by atoms with Gasteiger partial charge in [0.05, 0.1) is 12.7 Å². The van der Waals surface area contributed by atoms with Gasteiger partial charge in [-0.3, -0.25) is 9.59 Å². The first-order valence-corrected chi connectivity index (χ1v) is 11.3. The van der Waals surface area contributed by atoms with Crippen molar-refractivity contribution in [3.8, 4) is 0 Å². The van der Waals surface area contributed by atoms with Crippen molar-refractivity contribution in [1.82, 2.24) is 29.5 Å². The molecule has 1 aliphatic rings. The molecule has 0 bridgehead atoms. The van der Waals surface area contributed by atoms with E-state index in [0.717, 1.165) is 44.6 Å². The van der Waals surface area contributed by atoms with Gasteiger partial charge in [-0.2, -0.15) is 10.1 Å². The van der Waals surface area contributed by atoms with Crippen LogP contribution in [0.2, 0.25) is 0 Å². The number of likely N-dealkylation sites (N-methyl/N-ethyl adjacent to an activating group) is 1. The monoisotopic (exact) mass is 450 g/mol. The fraction of sp³-hybridized carbons (Fsp3) is 0.435. The van der Waals surface area contributed by atoms with Gasteiger partial charge in [-0.05, 0) is 31.2 Å². The molecule has 0 aliphatic carbocycles. The van der Waals surface area contributed by atoms with Crippen LogP contribution in [0.25, 0.3) is 10.9 Å². The van der Waals surface area contributed by atoms with Gasteiger partial charge in [-0.25, -0.2) is 9.67 Å². The quantitative estimate of drug-likeness (QED) is 0.518. The minimum atomic E-state index is -0.288. The van der Waals surface area contributed by atoms with E-state index in [0.29, 0.717) is 28.8 Å². The highest BCUT2D eigenvalue weighted by molar-refractivity contribution is 5.94. The van der Waals surface area contributed by atoms with Crippen LogP contribution in [0.15, 0.2) is 35.3 Å². The average molecular weight is 451 g/mol. The Morgan fingerprint density at radius 2 is 1.85 bits per heavy atom. The lowest BCUT2D eigenvalue weighted by Crippen LogP contribution is -2.47. The number of nitrogens with zero attached hydrogens (tertiary/aromatic N) is 6. The zero-order chi connectivity index (χ0) is 23.4. The highest BCUT2D eigenvalue weighted by Crippen LogP contribution is 2.17. The third-order valence-electron chi connectivity index (χ3n) is 5.87. The predicted molar refractivity (Wildman–Crippen MR) is 128 cm³/mol. The number of piperazine rings is 1. The second-order valence-electron chi connectivity index (χ2n) is 8.37. The zero-order valence-electron chi connectivity index (χ0n) is 19.1. The lowest BCUT2D eigenvalue weighted by Gasteiger charge is -2.32. The van der Waals surface area contributed by atoms with Crippen LogP contribution < -0.4 is 16.6 Å². The highest BCUT2D eigenvalue weighted by Gasteiger charge is 2.20. The van der Waals surface area contributed by atoms with E-state index in [4.69, 9.17) is 5.73 Å². The lowest BCUT2D eigenvalue weighted by molar-refractivity contribution is 0.0664. The number of anilines is 2. The molecule has 0 spiro atoms. The Balaban J connectivity index is 1.54. The standard InChI is InChI=1S/C23H30N8O2/c1-3-4-9-25-20-19-18(27-23(24)28-20)14-26-31(22(19)33)15-16-5-7-17(8-6-16)21(32)30-12-10-29(2)11-13-30/h5-8,14H,3-4,9-13,15H2,1-2H3,(H3,24,25,27,28). The first-order chi connectivity index (χ1) is 16.0. The number of carbonyl (C=O) groups is 1. The fourth-order valence-electron chi connectivity index (χ4n) is 3.85. The Hall–Kier alpha value is -3.53. The van der Waals surface area contributed by atoms with E-state index < -0.39 is 0 Å². The highest BCUT2D eigenvalue weighted by atomic mass is 16.2. The number of carbonyl (C=O) groups excluding carboxylic acids is 1. The molecule has 1 saturated heterocycles. The van der Waals surface area contributed by atoms with Crippen LogP contribution in [0.3, 0.4) is 0 Å². The zero-order valence-corrected chi connectivity index (χ0v) is 19.1. The van der Waals surface area contributed by atoms with Crippen LogP contribution in [-0.4, -0.2) is 75.2 Å². The summed E-state index contributed by atoms with van der Waals surface area (Å²) in [6, 6.07) is 7.34. The molecule has 10 heteroatoms. The van der Waals surface area contributed by atoms with Crippen molar-refractivity contribution in [2.75, 3.05) is 50.8 Å². The van der Waals surface area contributed by atoms with Gasteiger partial charge in [0, 0.05) is 38.3 Å². The molecule has 4 rings (SSSR count). The summed E-state index contributed by atoms with van der Waals surface area (Å²) < 4.78 is 1.38. The van der Waals surface area contributed by atoms with E-state index in [-0.39, 0.29) is 24.0 Å². The van der Waals surface area contributed by atoms with Crippen molar-refractivity contribution in [3.05, 3.63) is 51.9 Å². The number of benzene rings is 1. The van der Waals surface area contributed by atoms with Crippen molar-refractivity contribution in [1.29, 1.82) is 0 Å². The molecule has 0 atom stereocenters. The Kier molecular flexibility index (Phi) is 6.83.